The summed E-state index contributed by atoms with van der Waals surface area (Å²) in [5.74, 6) is -0.798. The number of carbonyl (C=O) groups is 2. The molecule has 0 bridgehead atoms. The van der Waals surface area contributed by atoms with Crippen molar-refractivity contribution in [3.63, 3.8) is 0 Å². The molecule has 0 spiro atoms. The van der Waals surface area contributed by atoms with Crippen molar-refractivity contribution in [2.75, 3.05) is 26.7 Å². The Balaban J connectivity index is 1.90. The molecule has 1 aliphatic heterocycles. The summed E-state index contributed by atoms with van der Waals surface area (Å²) < 4.78 is 0. The lowest BCUT2D eigenvalue weighted by Crippen LogP contribution is -2.57. The molecule has 6 heteroatoms. The van der Waals surface area contributed by atoms with Crippen molar-refractivity contribution < 1.29 is 14.7 Å². The van der Waals surface area contributed by atoms with Crippen LogP contribution in [-0.4, -0.2) is 65.7 Å². The van der Waals surface area contributed by atoms with Gasteiger partial charge in [0.2, 0.25) is 0 Å². The minimum Gasteiger partial charge on any atom is -0.480 e. The second kappa shape index (κ2) is 5.77. The molecule has 2 atom stereocenters. The van der Waals surface area contributed by atoms with Crippen LogP contribution in [0.25, 0.3) is 0 Å². The van der Waals surface area contributed by atoms with Gasteiger partial charge in [0.1, 0.15) is 6.04 Å². The number of likely N-dealkylation sites (N-methyl/N-ethyl adjacent to an activating group) is 1. The summed E-state index contributed by atoms with van der Waals surface area (Å²) in [6.07, 6.45) is 2.79. The Bertz CT molecular complexity index is 357. The second-order valence-corrected chi connectivity index (χ2v) is 5.59. The first kappa shape index (κ1) is 14.1. The number of nitrogens with one attached hydrogen (secondary N) is 1. The molecule has 0 aromatic carbocycles. The maximum atomic E-state index is 12.1. The summed E-state index contributed by atoms with van der Waals surface area (Å²) in [7, 11) is 2.06. The van der Waals surface area contributed by atoms with E-state index in [-0.39, 0.29) is 11.9 Å². The molecule has 2 rings (SSSR count). The lowest BCUT2D eigenvalue weighted by molar-refractivity contribution is -0.139. The standard InChI is InChI=1S/C13H23N3O3/c1-3-10-8-16(7-6-15(10)2)13(19)14-11(12(17)18)9-4-5-9/h9-11H,3-8H2,1-2H3,(H,14,19)(H,17,18). The molecular formula is C13H23N3O3. The monoisotopic (exact) mass is 269 g/mol. The fourth-order valence-corrected chi connectivity index (χ4v) is 2.61. The van der Waals surface area contributed by atoms with Gasteiger partial charge in [-0.15, -0.1) is 0 Å². The van der Waals surface area contributed by atoms with E-state index in [4.69, 9.17) is 5.11 Å². The Hall–Kier alpha value is -1.30. The van der Waals surface area contributed by atoms with E-state index in [1.807, 2.05) is 0 Å². The van der Waals surface area contributed by atoms with E-state index in [2.05, 4.69) is 24.2 Å². The molecular weight excluding hydrogens is 246 g/mol. The van der Waals surface area contributed by atoms with Crippen LogP contribution in [0.4, 0.5) is 4.79 Å². The maximum Gasteiger partial charge on any atom is 0.326 e. The smallest absolute Gasteiger partial charge is 0.326 e. The molecule has 1 heterocycles. The number of hydrogen-bond acceptors (Lipinski definition) is 3. The SMILES string of the molecule is CCC1CN(C(=O)NC(C(=O)O)C2CC2)CCN1C. The Morgan fingerprint density at radius 3 is 2.58 bits per heavy atom. The van der Waals surface area contributed by atoms with Gasteiger partial charge in [0, 0.05) is 25.7 Å². The van der Waals surface area contributed by atoms with Gasteiger partial charge >= 0.3 is 12.0 Å². The number of aliphatic carboxylic acids is 1. The van der Waals surface area contributed by atoms with E-state index < -0.39 is 12.0 Å². The number of piperazine rings is 1. The first-order chi connectivity index (χ1) is 9.02. The molecule has 2 unspecified atom stereocenters. The molecule has 1 aliphatic carbocycles. The van der Waals surface area contributed by atoms with Crippen LogP contribution >= 0.6 is 0 Å². The number of carbonyl (C=O) groups excluding carboxylic acids is 1. The molecule has 0 aromatic rings. The van der Waals surface area contributed by atoms with Crippen molar-refractivity contribution in [2.45, 2.75) is 38.3 Å². The molecule has 1 saturated carbocycles. The van der Waals surface area contributed by atoms with Crippen LogP contribution in [0, 0.1) is 5.92 Å². The van der Waals surface area contributed by atoms with Crippen LogP contribution < -0.4 is 5.32 Å². The van der Waals surface area contributed by atoms with E-state index in [0.717, 1.165) is 25.8 Å². The average molecular weight is 269 g/mol. The van der Waals surface area contributed by atoms with E-state index in [0.29, 0.717) is 19.1 Å². The molecule has 6 nitrogen and oxygen atoms in total. The molecule has 1 saturated heterocycles. The van der Waals surface area contributed by atoms with E-state index in [1.165, 1.54) is 0 Å². The van der Waals surface area contributed by atoms with Crippen molar-refractivity contribution in [3.05, 3.63) is 0 Å². The number of urea groups is 1. The number of carboxylic acids is 1. The zero-order chi connectivity index (χ0) is 14.0. The predicted molar refractivity (Wildman–Crippen MR) is 71.0 cm³/mol. The average Bonchev–Trinajstić information content (AvgIpc) is 3.20. The summed E-state index contributed by atoms with van der Waals surface area (Å²) in [5, 5.41) is 11.8. The van der Waals surface area contributed by atoms with Gasteiger partial charge in [-0.3, -0.25) is 4.90 Å². The van der Waals surface area contributed by atoms with Gasteiger partial charge in [0.15, 0.2) is 0 Å². The Morgan fingerprint density at radius 1 is 1.37 bits per heavy atom. The summed E-state index contributed by atoms with van der Waals surface area (Å²) in [5.41, 5.74) is 0. The summed E-state index contributed by atoms with van der Waals surface area (Å²) in [4.78, 5) is 27.3. The first-order valence-corrected chi connectivity index (χ1v) is 7.01. The number of amides is 2. The van der Waals surface area contributed by atoms with Crippen LogP contribution in [0.15, 0.2) is 0 Å². The summed E-state index contributed by atoms with van der Waals surface area (Å²) in [6.45, 7) is 4.28. The highest BCUT2D eigenvalue weighted by Crippen LogP contribution is 2.32. The Labute approximate surface area is 113 Å². The molecule has 2 amide bonds. The van der Waals surface area contributed by atoms with Gasteiger partial charge in [-0.1, -0.05) is 6.92 Å². The molecule has 2 fully saturated rings. The topological polar surface area (TPSA) is 72.9 Å². The molecule has 0 aromatic heterocycles. The van der Waals surface area contributed by atoms with Crippen molar-refractivity contribution in [1.82, 2.24) is 15.1 Å². The van der Waals surface area contributed by atoms with Crippen molar-refractivity contribution in [2.24, 2.45) is 5.92 Å². The van der Waals surface area contributed by atoms with Gasteiger partial charge < -0.3 is 15.3 Å². The van der Waals surface area contributed by atoms with Crippen LogP contribution in [0.3, 0.4) is 0 Å². The highest BCUT2D eigenvalue weighted by molar-refractivity contribution is 5.83. The van der Waals surface area contributed by atoms with Gasteiger partial charge in [0.25, 0.3) is 0 Å². The highest BCUT2D eigenvalue weighted by Gasteiger charge is 2.38. The second-order valence-electron chi connectivity index (χ2n) is 5.59. The van der Waals surface area contributed by atoms with Crippen LogP contribution in [0.5, 0.6) is 0 Å². The van der Waals surface area contributed by atoms with Crippen LogP contribution in [-0.2, 0) is 4.79 Å². The van der Waals surface area contributed by atoms with Gasteiger partial charge in [-0.2, -0.15) is 0 Å². The van der Waals surface area contributed by atoms with Crippen molar-refractivity contribution in [1.29, 1.82) is 0 Å². The van der Waals surface area contributed by atoms with Crippen molar-refractivity contribution >= 4 is 12.0 Å². The minimum absolute atomic E-state index is 0.121. The first-order valence-electron chi connectivity index (χ1n) is 7.01. The Morgan fingerprint density at radius 2 is 2.05 bits per heavy atom. The lowest BCUT2D eigenvalue weighted by Gasteiger charge is -2.39. The predicted octanol–water partition coefficient (Wildman–Crippen LogP) is 0.585. The fraction of sp³-hybridized carbons (Fsp3) is 0.846. The molecule has 2 aliphatic rings. The maximum absolute atomic E-state index is 12.1. The number of rotatable bonds is 4. The normalized spacial score (nSPS) is 26.0. The highest BCUT2D eigenvalue weighted by atomic mass is 16.4. The Kier molecular flexibility index (Phi) is 4.29. The third-order valence-electron chi connectivity index (χ3n) is 4.17. The molecule has 19 heavy (non-hydrogen) atoms. The van der Waals surface area contributed by atoms with E-state index >= 15 is 0 Å². The van der Waals surface area contributed by atoms with Gasteiger partial charge in [-0.05, 0) is 32.2 Å². The fourth-order valence-electron chi connectivity index (χ4n) is 2.61. The van der Waals surface area contributed by atoms with Crippen LogP contribution in [0.2, 0.25) is 0 Å². The van der Waals surface area contributed by atoms with Crippen LogP contribution in [0.1, 0.15) is 26.2 Å². The summed E-state index contributed by atoms with van der Waals surface area (Å²) >= 11 is 0. The lowest BCUT2D eigenvalue weighted by atomic mass is 10.1. The number of carboxylic acid groups (broad SMARTS) is 1. The zero-order valence-corrected chi connectivity index (χ0v) is 11.6. The third-order valence-corrected chi connectivity index (χ3v) is 4.17. The quantitative estimate of drug-likeness (QED) is 0.783. The van der Waals surface area contributed by atoms with Crippen molar-refractivity contribution in [3.8, 4) is 0 Å². The van der Waals surface area contributed by atoms with Gasteiger partial charge in [-0.25, -0.2) is 9.59 Å². The minimum atomic E-state index is -0.919. The van der Waals surface area contributed by atoms with E-state index in [1.54, 1.807) is 4.90 Å². The largest absolute Gasteiger partial charge is 0.480 e. The van der Waals surface area contributed by atoms with E-state index in [9.17, 15) is 9.59 Å². The number of hydrogen-bond donors (Lipinski definition) is 2. The summed E-state index contributed by atoms with van der Waals surface area (Å²) in [6, 6.07) is -0.582. The zero-order valence-electron chi connectivity index (χ0n) is 11.6. The number of nitrogens with zero attached hydrogens (tertiary/aromatic N) is 2. The third kappa shape index (κ3) is 3.37. The molecule has 0 radical (unpaired) electrons. The van der Waals surface area contributed by atoms with Gasteiger partial charge in [0.05, 0.1) is 0 Å². The molecule has 108 valence electrons. The molecule has 2 N–H and O–H groups in total.